The van der Waals surface area contributed by atoms with Gasteiger partial charge in [-0.1, -0.05) is 12.2 Å². The number of aromatic amines is 1. The van der Waals surface area contributed by atoms with Gasteiger partial charge in [0.15, 0.2) is 5.69 Å². The molecule has 3 aromatic heterocycles. The molecule has 0 unspecified atom stereocenters. The van der Waals surface area contributed by atoms with Crippen LogP contribution in [0.5, 0.6) is 11.5 Å². The number of allylic oxidation sites excluding steroid dienone is 2. The van der Waals surface area contributed by atoms with Crippen molar-refractivity contribution in [3.63, 3.8) is 0 Å². The molecule has 9 N–H and O–H groups in total. The molecule has 0 aliphatic heterocycles. The predicted molar refractivity (Wildman–Crippen MR) is 150 cm³/mol. The lowest BCUT2D eigenvalue weighted by Gasteiger charge is -2.10. The molecule has 15 heteroatoms. The number of phenolic OH excluding ortho intramolecular Hbond substituents is 1. The van der Waals surface area contributed by atoms with E-state index in [1.807, 2.05) is 0 Å². The van der Waals surface area contributed by atoms with Crippen molar-refractivity contribution in [3.8, 4) is 11.5 Å². The first-order chi connectivity index (χ1) is 19.6. The van der Waals surface area contributed by atoms with Crippen LogP contribution in [-0.2, 0) is 13.1 Å². The first-order valence-electron chi connectivity index (χ1n) is 12.2. The third-order valence-corrected chi connectivity index (χ3v) is 6.35. The third kappa shape index (κ3) is 4.98. The van der Waals surface area contributed by atoms with E-state index >= 15 is 0 Å². The molecule has 0 saturated heterocycles. The lowest BCUT2D eigenvalue weighted by Crippen LogP contribution is -2.16. The third-order valence-electron chi connectivity index (χ3n) is 6.35. The van der Waals surface area contributed by atoms with E-state index < -0.39 is 17.7 Å². The zero-order valence-electron chi connectivity index (χ0n) is 22.0. The van der Waals surface area contributed by atoms with Crippen molar-refractivity contribution in [1.82, 2.24) is 29.3 Å². The number of ether oxygens (including phenoxy) is 1. The van der Waals surface area contributed by atoms with Crippen LogP contribution in [-0.4, -0.2) is 59.2 Å². The predicted octanol–water partition coefficient (Wildman–Crippen LogP) is 1.42. The molecular weight excluding hydrogens is 532 g/mol. The Bertz CT molecular complexity index is 1880. The van der Waals surface area contributed by atoms with Crippen molar-refractivity contribution in [2.24, 2.45) is 11.5 Å². The number of hydrogen-bond acceptors (Lipinski definition) is 9. The molecule has 0 fully saturated rings. The number of aromatic nitrogens is 6. The fourth-order valence-electron chi connectivity index (χ4n) is 4.45. The summed E-state index contributed by atoms with van der Waals surface area (Å²) >= 11 is 0. The van der Waals surface area contributed by atoms with Crippen LogP contribution in [0.4, 0.5) is 11.9 Å². The maximum Gasteiger partial charge on any atom is 0.278 e. The highest BCUT2D eigenvalue weighted by molar-refractivity contribution is 6.04. The second-order valence-electron chi connectivity index (χ2n) is 9.13. The quantitative estimate of drug-likeness (QED) is 0.143. The van der Waals surface area contributed by atoms with Crippen molar-refractivity contribution in [2.75, 3.05) is 18.2 Å². The number of hydrogen-bond donors (Lipinski definition) is 6. The van der Waals surface area contributed by atoms with Gasteiger partial charge in [-0.2, -0.15) is 5.10 Å². The smallest absolute Gasteiger partial charge is 0.278 e. The number of nitrogen functional groups attached to an aromatic ring is 1. The van der Waals surface area contributed by atoms with E-state index in [2.05, 4.69) is 25.5 Å². The maximum atomic E-state index is 12.8. The summed E-state index contributed by atoms with van der Waals surface area (Å²) in [5.41, 5.74) is 19.7. The molecule has 15 nitrogen and oxygen atoms in total. The molecule has 2 aromatic carbocycles. The number of aryl methyl sites for hydroxylation is 1. The van der Waals surface area contributed by atoms with Crippen molar-refractivity contribution in [1.29, 1.82) is 0 Å². The summed E-state index contributed by atoms with van der Waals surface area (Å²) in [5.74, 6) is -1.45. The van der Waals surface area contributed by atoms with Crippen LogP contribution in [0.1, 0.15) is 36.9 Å². The molecule has 0 atom stereocenters. The second-order valence-corrected chi connectivity index (χ2v) is 9.13. The number of nitrogens with one attached hydrogen (secondary N) is 2. The molecule has 5 aromatic rings. The summed E-state index contributed by atoms with van der Waals surface area (Å²) in [6.45, 7) is 2.19. The van der Waals surface area contributed by atoms with Crippen molar-refractivity contribution in [3.05, 3.63) is 65.0 Å². The van der Waals surface area contributed by atoms with Crippen LogP contribution < -0.4 is 27.3 Å². The number of nitrogens with two attached hydrogens (primary N) is 3. The van der Waals surface area contributed by atoms with Crippen LogP contribution in [0, 0.1) is 6.92 Å². The SMILES string of the molecule is COc1cc(C(N)=O)cc2nc(N)n(C/C=C/Cn3c(NC(=O)c4cc(C)[nH]n4)nc4cc(C(N)=O)cc(O)c43)c12. The molecular formula is C26H26N10O5. The number of primary amides is 2. The first kappa shape index (κ1) is 26.7. The van der Waals surface area contributed by atoms with Crippen molar-refractivity contribution in [2.45, 2.75) is 20.0 Å². The number of carbonyl (C=O) groups excluding carboxylic acids is 3. The molecule has 0 radical (unpaired) electrons. The highest BCUT2D eigenvalue weighted by atomic mass is 16.5. The van der Waals surface area contributed by atoms with Crippen LogP contribution in [0.3, 0.4) is 0 Å². The number of fused-ring (bicyclic) bond motifs is 2. The summed E-state index contributed by atoms with van der Waals surface area (Å²) < 4.78 is 8.71. The maximum absolute atomic E-state index is 12.8. The van der Waals surface area contributed by atoms with Gasteiger partial charge in [0, 0.05) is 29.9 Å². The van der Waals surface area contributed by atoms with Crippen LogP contribution >= 0.6 is 0 Å². The highest BCUT2D eigenvalue weighted by Crippen LogP contribution is 2.31. The Morgan fingerprint density at radius 3 is 2.22 bits per heavy atom. The Labute approximate surface area is 231 Å². The zero-order valence-corrected chi connectivity index (χ0v) is 22.0. The Hall–Kier alpha value is -5.86. The Balaban J connectivity index is 1.48. The van der Waals surface area contributed by atoms with Gasteiger partial charge in [0.05, 0.1) is 18.1 Å². The lowest BCUT2D eigenvalue weighted by molar-refractivity contribution is 0.0991. The summed E-state index contributed by atoms with van der Waals surface area (Å²) in [6, 6.07) is 7.29. The zero-order chi connectivity index (χ0) is 29.4. The number of rotatable bonds is 9. The largest absolute Gasteiger partial charge is 0.506 e. The lowest BCUT2D eigenvalue weighted by atomic mass is 10.1. The fourth-order valence-corrected chi connectivity index (χ4v) is 4.45. The number of H-pyrrole nitrogens is 1. The van der Waals surface area contributed by atoms with E-state index in [0.717, 1.165) is 0 Å². The number of carbonyl (C=O) groups is 3. The number of imidazole rings is 2. The van der Waals surface area contributed by atoms with E-state index in [1.165, 1.54) is 31.4 Å². The Morgan fingerprint density at radius 2 is 1.61 bits per heavy atom. The van der Waals surface area contributed by atoms with Gasteiger partial charge in [0.25, 0.3) is 5.91 Å². The summed E-state index contributed by atoms with van der Waals surface area (Å²) in [6.07, 6.45) is 3.56. The van der Waals surface area contributed by atoms with E-state index in [9.17, 15) is 19.5 Å². The first-order valence-corrected chi connectivity index (χ1v) is 12.2. The van der Waals surface area contributed by atoms with Gasteiger partial charge in [-0.25, -0.2) is 9.97 Å². The van der Waals surface area contributed by atoms with Crippen molar-refractivity contribution < 1.29 is 24.2 Å². The normalized spacial score (nSPS) is 11.5. The molecule has 0 saturated carbocycles. The Morgan fingerprint density at radius 1 is 0.976 bits per heavy atom. The van der Waals surface area contributed by atoms with Gasteiger partial charge in [0.2, 0.25) is 23.7 Å². The monoisotopic (exact) mass is 558 g/mol. The van der Waals surface area contributed by atoms with Gasteiger partial charge >= 0.3 is 0 Å². The highest BCUT2D eigenvalue weighted by Gasteiger charge is 2.20. The summed E-state index contributed by atoms with van der Waals surface area (Å²) in [4.78, 5) is 45.0. The average Bonchev–Trinajstić information content (AvgIpc) is 3.60. The van der Waals surface area contributed by atoms with Gasteiger partial charge in [-0.15, -0.1) is 0 Å². The van der Waals surface area contributed by atoms with E-state index in [-0.39, 0.29) is 58.6 Å². The Kier molecular flexibility index (Phi) is 6.76. The number of anilines is 2. The van der Waals surface area contributed by atoms with E-state index in [0.29, 0.717) is 22.5 Å². The minimum atomic E-state index is -0.738. The standard InChI is InChI=1S/C26H26N10O5/c1-12-7-17(34-33-12)24(40)32-26-31-15-8-13(22(27)38)10-18(37)20(15)36(26)6-4-3-5-35-21-16(30-25(35)29)9-14(23(28)39)11-19(21)41-2/h3-4,7-11,37H,5-6H2,1-2H3,(H2,27,38)(H2,28,39)(H2,29,30)(H,33,34)(H,31,32,40)/b4-3+. The molecule has 0 aliphatic rings. The minimum Gasteiger partial charge on any atom is -0.506 e. The van der Waals surface area contributed by atoms with Gasteiger partial charge in [-0.3, -0.25) is 24.8 Å². The number of methoxy groups -OCH3 is 1. The molecule has 0 spiro atoms. The number of nitrogens with zero attached hydrogens (tertiary/aromatic N) is 5. The molecule has 0 bridgehead atoms. The topological polar surface area (TPSA) is 235 Å². The molecule has 210 valence electrons. The number of phenols is 1. The summed E-state index contributed by atoms with van der Waals surface area (Å²) in [7, 11) is 1.46. The van der Waals surface area contributed by atoms with Gasteiger partial charge in [-0.05, 0) is 37.3 Å². The molecule has 3 heterocycles. The fraction of sp³-hybridized carbons (Fsp3) is 0.154. The molecule has 3 amide bonds. The second kappa shape index (κ2) is 10.4. The van der Waals surface area contributed by atoms with Gasteiger partial charge in [0.1, 0.15) is 22.5 Å². The average molecular weight is 559 g/mol. The van der Waals surface area contributed by atoms with E-state index in [4.69, 9.17) is 21.9 Å². The number of aromatic hydroxyl groups is 1. The summed E-state index contributed by atoms with van der Waals surface area (Å²) in [5, 5.41) is 20.1. The number of benzene rings is 2. The van der Waals surface area contributed by atoms with Crippen LogP contribution in [0.2, 0.25) is 0 Å². The molecule has 41 heavy (non-hydrogen) atoms. The molecule has 0 aliphatic carbocycles. The van der Waals surface area contributed by atoms with Crippen LogP contribution in [0.15, 0.2) is 42.5 Å². The van der Waals surface area contributed by atoms with Crippen LogP contribution in [0.25, 0.3) is 22.1 Å². The minimum absolute atomic E-state index is 0.0619. The van der Waals surface area contributed by atoms with Gasteiger partial charge < -0.3 is 36.2 Å². The van der Waals surface area contributed by atoms with Crippen molar-refractivity contribution >= 4 is 51.7 Å². The molecule has 5 rings (SSSR count). The number of amides is 3. The van der Waals surface area contributed by atoms with E-state index in [1.54, 1.807) is 34.3 Å².